The van der Waals surface area contributed by atoms with Crippen LogP contribution in [-0.4, -0.2) is 15.7 Å². The Balaban J connectivity index is 3.60. The van der Waals surface area contributed by atoms with Crippen LogP contribution in [0.3, 0.4) is 0 Å². The van der Waals surface area contributed by atoms with Gasteiger partial charge in [-0.15, -0.1) is 0 Å². The highest BCUT2D eigenvalue weighted by Crippen LogP contribution is 2.21. The van der Waals surface area contributed by atoms with Crippen LogP contribution >= 0.6 is 0 Å². The molecular formula is C19H38B2. The van der Waals surface area contributed by atoms with Gasteiger partial charge in [0.1, 0.15) is 15.7 Å². The molecule has 0 saturated heterocycles. The van der Waals surface area contributed by atoms with Crippen molar-refractivity contribution >= 4 is 15.7 Å². The molecule has 0 aromatic carbocycles. The quantitative estimate of drug-likeness (QED) is 0.234. The number of allylic oxidation sites excluding steroid dienone is 4. The SMILES string of the molecule is BC(B)(/C=C\CCCCC)/C=C\CCCCCCCCC. The molecule has 0 aromatic heterocycles. The Morgan fingerprint density at radius 1 is 0.619 bits per heavy atom. The van der Waals surface area contributed by atoms with Crippen molar-refractivity contribution in [2.45, 2.75) is 96.1 Å². The van der Waals surface area contributed by atoms with Crippen molar-refractivity contribution in [1.29, 1.82) is 0 Å². The van der Waals surface area contributed by atoms with Gasteiger partial charge in [-0.2, -0.15) is 0 Å². The van der Waals surface area contributed by atoms with Gasteiger partial charge in [-0.1, -0.05) is 94.7 Å². The first-order valence-corrected chi connectivity index (χ1v) is 9.47. The van der Waals surface area contributed by atoms with Crippen molar-refractivity contribution in [3.05, 3.63) is 24.3 Å². The Bertz CT molecular complexity index is 267. The summed E-state index contributed by atoms with van der Waals surface area (Å²) in [5.41, 5.74) is 0. The summed E-state index contributed by atoms with van der Waals surface area (Å²) in [4.78, 5) is 0. The number of hydrogen-bond donors (Lipinski definition) is 0. The van der Waals surface area contributed by atoms with Gasteiger partial charge >= 0.3 is 0 Å². The van der Waals surface area contributed by atoms with E-state index in [1.165, 1.54) is 77.0 Å². The van der Waals surface area contributed by atoms with E-state index >= 15 is 0 Å². The lowest BCUT2D eigenvalue weighted by Crippen LogP contribution is -2.05. The fourth-order valence-corrected chi connectivity index (χ4v) is 2.56. The molecule has 120 valence electrons. The molecule has 0 aromatic rings. The molecule has 0 spiro atoms. The molecule has 0 nitrogen and oxygen atoms in total. The second-order valence-corrected chi connectivity index (χ2v) is 7.03. The van der Waals surface area contributed by atoms with Crippen LogP contribution in [-0.2, 0) is 0 Å². The summed E-state index contributed by atoms with van der Waals surface area (Å²) in [6.45, 7) is 4.55. The molecule has 21 heavy (non-hydrogen) atoms. The Hall–Kier alpha value is -0.390. The van der Waals surface area contributed by atoms with Crippen LogP contribution in [0.25, 0.3) is 0 Å². The van der Waals surface area contributed by atoms with Crippen molar-refractivity contribution in [2.24, 2.45) is 0 Å². The number of unbranched alkanes of at least 4 members (excludes halogenated alkanes) is 10. The molecule has 0 aliphatic heterocycles. The van der Waals surface area contributed by atoms with Gasteiger partial charge < -0.3 is 0 Å². The fraction of sp³-hybridized carbons (Fsp3) is 0.789. The van der Waals surface area contributed by atoms with E-state index in [1.54, 1.807) is 0 Å². The van der Waals surface area contributed by atoms with Crippen LogP contribution in [0.15, 0.2) is 24.3 Å². The molecule has 0 amide bonds. The topological polar surface area (TPSA) is 0 Å². The van der Waals surface area contributed by atoms with Crippen LogP contribution < -0.4 is 0 Å². The van der Waals surface area contributed by atoms with Crippen molar-refractivity contribution in [3.63, 3.8) is 0 Å². The van der Waals surface area contributed by atoms with Gasteiger partial charge in [0.15, 0.2) is 0 Å². The first-order chi connectivity index (χ1) is 10.1. The maximum atomic E-state index is 2.39. The summed E-state index contributed by atoms with van der Waals surface area (Å²) in [6, 6.07) is 0. The van der Waals surface area contributed by atoms with E-state index in [-0.39, 0.29) is 5.21 Å². The van der Waals surface area contributed by atoms with Gasteiger partial charge in [-0.25, -0.2) is 0 Å². The maximum absolute atomic E-state index is 2.39. The summed E-state index contributed by atoms with van der Waals surface area (Å²) in [5.74, 6) is 0. The van der Waals surface area contributed by atoms with Crippen molar-refractivity contribution in [2.75, 3.05) is 0 Å². The lowest BCUT2D eigenvalue weighted by Gasteiger charge is -2.14. The van der Waals surface area contributed by atoms with E-state index in [2.05, 4.69) is 53.8 Å². The lowest BCUT2D eigenvalue weighted by atomic mass is 9.54. The maximum Gasteiger partial charge on any atom is 0.108 e. The molecule has 2 heteroatoms. The van der Waals surface area contributed by atoms with E-state index < -0.39 is 0 Å². The summed E-state index contributed by atoms with van der Waals surface area (Å²) in [6.07, 6.45) is 25.9. The van der Waals surface area contributed by atoms with Crippen molar-refractivity contribution in [3.8, 4) is 0 Å². The van der Waals surface area contributed by atoms with E-state index in [0.717, 1.165) is 0 Å². The van der Waals surface area contributed by atoms with Crippen molar-refractivity contribution in [1.82, 2.24) is 0 Å². The van der Waals surface area contributed by atoms with Gasteiger partial charge in [0.25, 0.3) is 0 Å². The number of hydrogen-bond acceptors (Lipinski definition) is 0. The fourth-order valence-electron chi connectivity index (χ4n) is 2.56. The summed E-state index contributed by atoms with van der Waals surface area (Å²) >= 11 is 0. The van der Waals surface area contributed by atoms with Crippen LogP contribution in [0.2, 0.25) is 5.21 Å². The molecule has 0 bridgehead atoms. The third-order valence-corrected chi connectivity index (χ3v) is 4.04. The number of rotatable bonds is 14. The second kappa shape index (κ2) is 14.5. The monoisotopic (exact) mass is 288 g/mol. The standard InChI is InChI=1S/C19H38B2/c1-3-5-7-9-10-11-12-14-16-18-19(20,21)17-15-13-8-6-4-2/h15-18H,3-14,20-21H2,1-2H3/b17-15-,18-16-. The summed E-state index contributed by atoms with van der Waals surface area (Å²) in [7, 11) is 4.62. The Morgan fingerprint density at radius 3 is 1.52 bits per heavy atom. The minimum absolute atomic E-state index is 0.230. The second-order valence-electron chi connectivity index (χ2n) is 7.03. The molecule has 0 fully saturated rings. The molecule has 0 rings (SSSR count). The third-order valence-electron chi connectivity index (χ3n) is 4.04. The van der Waals surface area contributed by atoms with Gasteiger partial charge in [0.2, 0.25) is 0 Å². The summed E-state index contributed by atoms with van der Waals surface area (Å²) < 4.78 is 0. The zero-order valence-electron chi connectivity index (χ0n) is 15.3. The zero-order valence-corrected chi connectivity index (χ0v) is 15.3. The Morgan fingerprint density at radius 2 is 1.00 bits per heavy atom. The first-order valence-electron chi connectivity index (χ1n) is 9.47. The molecule has 0 unspecified atom stereocenters. The smallest absolute Gasteiger partial charge is 0.0944 e. The summed E-state index contributed by atoms with van der Waals surface area (Å²) in [5, 5.41) is 0.230. The highest BCUT2D eigenvalue weighted by Gasteiger charge is 2.08. The Labute approximate surface area is 136 Å². The van der Waals surface area contributed by atoms with Crippen LogP contribution in [0.5, 0.6) is 0 Å². The molecule has 0 heterocycles. The van der Waals surface area contributed by atoms with Gasteiger partial charge in [0.05, 0.1) is 0 Å². The molecule has 0 aliphatic carbocycles. The van der Waals surface area contributed by atoms with E-state index in [4.69, 9.17) is 0 Å². The highest BCUT2D eigenvalue weighted by atomic mass is 14.0. The molecule has 0 N–H and O–H groups in total. The van der Waals surface area contributed by atoms with Crippen LogP contribution in [0, 0.1) is 0 Å². The van der Waals surface area contributed by atoms with Gasteiger partial charge in [-0.3, -0.25) is 0 Å². The predicted molar refractivity (Wildman–Crippen MR) is 105 cm³/mol. The average Bonchev–Trinajstić information content (AvgIpc) is 2.45. The molecule has 0 atom stereocenters. The van der Waals surface area contributed by atoms with Gasteiger partial charge in [0, 0.05) is 0 Å². The molecule has 0 radical (unpaired) electrons. The third kappa shape index (κ3) is 15.8. The van der Waals surface area contributed by atoms with Crippen LogP contribution in [0.4, 0.5) is 0 Å². The molecule has 0 saturated carbocycles. The lowest BCUT2D eigenvalue weighted by molar-refractivity contribution is 0.592. The Kier molecular flexibility index (Phi) is 14.3. The van der Waals surface area contributed by atoms with Gasteiger partial charge in [-0.05, 0) is 25.7 Å². The zero-order chi connectivity index (χ0) is 15.8. The minimum Gasteiger partial charge on any atom is -0.0944 e. The van der Waals surface area contributed by atoms with E-state index in [0.29, 0.717) is 0 Å². The molecular weight excluding hydrogens is 250 g/mol. The normalized spacial score (nSPS) is 12.7. The van der Waals surface area contributed by atoms with Crippen LogP contribution in [0.1, 0.15) is 90.9 Å². The largest absolute Gasteiger partial charge is 0.108 e. The average molecular weight is 288 g/mol. The highest BCUT2D eigenvalue weighted by molar-refractivity contribution is 6.42. The first kappa shape index (κ1) is 20.6. The van der Waals surface area contributed by atoms with E-state index in [1.807, 2.05) is 0 Å². The van der Waals surface area contributed by atoms with E-state index in [9.17, 15) is 0 Å². The van der Waals surface area contributed by atoms with Crippen molar-refractivity contribution < 1.29 is 0 Å². The predicted octanol–water partition coefficient (Wildman–Crippen LogP) is 5.20. The minimum atomic E-state index is 0.230. The molecule has 0 aliphatic rings.